The van der Waals surface area contributed by atoms with Gasteiger partial charge >= 0.3 is 5.97 Å². The number of benzene rings is 2. The number of carbonyl (C=O) groups is 1. The SMILES string of the molecule is CCOc1cc(C(=O)Oc2ccccc2Cl)cc(OCC)c1OCC. The van der Waals surface area contributed by atoms with Crippen molar-refractivity contribution in [3.05, 3.63) is 47.0 Å². The van der Waals surface area contributed by atoms with E-state index < -0.39 is 5.97 Å². The van der Waals surface area contributed by atoms with Crippen LogP contribution in [0.5, 0.6) is 23.0 Å². The summed E-state index contributed by atoms with van der Waals surface area (Å²) in [6.45, 7) is 6.87. The first-order valence-corrected chi connectivity index (χ1v) is 8.51. The van der Waals surface area contributed by atoms with Gasteiger partial charge in [0.25, 0.3) is 0 Å². The second-order valence-electron chi connectivity index (χ2n) is 4.92. The van der Waals surface area contributed by atoms with Gasteiger partial charge in [0.1, 0.15) is 5.75 Å². The Morgan fingerprint density at radius 2 is 1.44 bits per heavy atom. The van der Waals surface area contributed by atoms with Crippen molar-refractivity contribution in [3.8, 4) is 23.0 Å². The zero-order valence-corrected chi connectivity index (χ0v) is 15.3. The molecule has 0 N–H and O–H groups in total. The lowest BCUT2D eigenvalue weighted by Crippen LogP contribution is -2.11. The third kappa shape index (κ3) is 4.79. The molecule has 0 radical (unpaired) electrons. The maximum absolute atomic E-state index is 12.5. The Bertz CT molecular complexity index is 702. The smallest absolute Gasteiger partial charge is 0.343 e. The third-order valence-corrected chi connectivity index (χ3v) is 3.50. The van der Waals surface area contributed by atoms with Crippen molar-refractivity contribution in [1.29, 1.82) is 0 Å². The molecule has 2 aromatic rings. The fourth-order valence-corrected chi connectivity index (χ4v) is 2.37. The van der Waals surface area contributed by atoms with Gasteiger partial charge < -0.3 is 18.9 Å². The lowest BCUT2D eigenvalue weighted by Gasteiger charge is -2.17. The van der Waals surface area contributed by atoms with E-state index >= 15 is 0 Å². The maximum atomic E-state index is 12.5. The highest BCUT2D eigenvalue weighted by Gasteiger charge is 2.20. The first kappa shape index (κ1) is 18.9. The van der Waals surface area contributed by atoms with E-state index in [-0.39, 0.29) is 5.56 Å². The van der Waals surface area contributed by atoms with Crippen LogP contribution in [0.1, 0.15) is 31.1 Å². The molecule has 0 fully saturated rings. The van der Waals surface area contributed by atoms with Gasteiger partial charge in [-0.3, -0.25) is 0 Å². The van der Waals surface area contributed by atoms with Gasteiger partial charge in [0.2, 0.25) is 5.75 Å². The number of carbonyl (C=O) groups excluding carboxylic acids is 1. The number of hydrogen-bond donors (Lipinski definition) is 0. The quantitative estimate of drug-likeness (QED) is 0.499. The van der Waals surface area contributed by atoms with Crippen LogP contribution in [0.4, 0.5) is 0 Å². The highest BCUT2D eigenvalue weighted by atomic mass is 35.5. The number of para-hydroxylation sites is 1. The van der Waals surface area contributed by atoms with Crippen molar-refractivity contribution in [1.82, 2.24) is 0 Å². The maximum Gasteiger partial charge on any atom is 0.343 e. The molecule has 6 heteroatoms. The molecule has 0 heterocycles. The molecular formula is C19H21ClO5. The fraction of sp³-hybridized carbons (Fsp3) is 0.316. The first-order chi connectivity index (χ1) is 12.1. The van der Waals surface area contributed by atoms with Crippen LogP contribution in [0, 0.1) is 0 Å². The molecule has 0 atom stereocenters. The molecule has 0 bridgehead atoms. The van der Waals surface area contributed by atoms with Gasteiger partial charge in [-0.15, -0.1) is 0 Å². The molecule has 5 nitrogen and oxygen atoms in total. The molecule has 0 spiro atoms. The molecule has 0 unspecified atom stereocenters. The number of hydrogen-bond acceptors (Lipinski definition) is 5. The van der Waals surface area contributed by atoms with Crippen LogP contribution < -0.4 is 18.9 Å². The number of ether oxygens (including phenoxy) is 4. The third-order valence-electron chi connectivity index (χ3n) is 3.18. The zero-order valence-electron chi connectivity index (χ0n) is 14.5. The van der Waals surface area contributed by atoms with E-state index in [2.05, 4.69) is 0 Å². The summed E-state index contributed by atoms with van der Waals surface area (Å²) in [7, 11) is 0. The predicted octanol–water partition coefficient (Wildman–Crippen LogP) is 4.76. The topological polar surface area (TPSA) is 54.0 Å². The van der Waals surface area contributed by atoms with E-state index in [0.29, 0.717) is 47.8 Å². The summed E-state index contributed by atoms with van der Waals surface area (Å²) >= 11 is 6.04. The molecule has 0 saturated heterocycles. The largest absolute Gasteiger partial charge is 0.490 e. The minimum absolute atomic E-state index is 0.287. The van der Waals surface area contributed by atoms with Crippen LogP contribution in [0.15, 0.2) is 36.4 Å². The second kappa shape index (κ2) is 9.18. The summed E-state index contributed by atoms with van der Waals surface area (Å²) in [6.07, 6.45) is 0. The molecule has 0 aliphatic heterocycles. The van der Waals surface area contributed by atoms with Crippen molar-refractivity contribution in [2.75, 3.05) is 19.8 Å². The summed E-state index contributed by atoms with van der Waals surface area (Å²) in [5, 5.41) is 0.358. The van der Waals surface area contributed by atoms with Crippen LogP contribution in [0.2, 0.25) is 5.02 Å². The van der Waals surface area contributed by atoms with Crippen LogP contribution in [0.3, 0.4) is 0 Å². The minimum Gasteiger partial charge on any atom is -0.490 e. The Labute approximate surface area is 152 Å². The molecular weight excluding hydrogens is 344 g/mol. The Hall–Kier alpha value is -2.40. The van der Waals surface area contributed by atoms with Crippen molar-refractivity contribution >= 4 is 17.6 Å². The molecule has 0 aliphatic rings. The zero-order chi connectivity index (χ0) is 18.2. The van der Waals surface area contributed by atoms with E-state index in [1.54, 1.807) is 36.4 Å². The molecule has 134 valence electrons. The van der Waals surface area contributed by atoms with Gasteiger partial charge in [-0.05, 0) is 45.0 Å². The minimum atomic E-state index is -0.557. The van der Waals surface area contributed by atoms with Crippen LogP contribution >= 0.6 is 11.6 Å². The molecule has 0 aromatic heterocycles. The lowest BCUT2D eigenvalue weighted by molar-refractivity contribution is 0.0733. The van der Waals surface area contributed by atoms with Crippen molar-refractivity contribution in [3.63, 3.8) is 0 Å². The van der Waals surface area contributed by atoms with Crippen molar-refractivity contribution in [2.45, 2.75) is 20.8 Å². The number of halogens is 1. The van der Waals surface area contributed by atoms with Gasteiger partial charge in [0.15, 0.2) is 11.5 Å². The lowest BCUT2D eigenvalue weighted by atomic mass is 10.2. The Balaban J connectivity index is 2.39. The van der Waals surface area contributed by atoms with E-state index in [4.69, 9.17) is 30.5 Å². The van der Waals surface area contributed by atoms with Gasteiger partial charge in [0.05, 0.1) is 30.4 Å². The summed E-state index contributed by atoms with van der Waals surface area (Å²) < 4.78 is 22.2. The van der Waals surface area contributed by atoms with E-state index in [1.165, 1.54) is 0 Å². The average Bonchev–Trinajstić information content (AvgIpc) is 2.60. The summed E-state index contributed by atoms with van der Waals surface area (Å²) in [4.78, 5) is 12.5. The standard InChI is InChI=1S/C19H21ClO5/c1-4-22-16-11-13(12-17(23-5-2)18(16)24-6-3)19(21)25-15-10-8-7-9-14(15)20/h7-12H,4-6H2,1-3H3. The van der Waals surface area contributed by atoms with E-state index in [9.17, 15) is 4.79 Å². The molecule has 25 heavy (non-hydrogen) atoms. The van der Waals surface area contributed by atoms with Crippen LogP contribution in [-0.2, 0) is 0 Å². The molecule has 0 saturated carbocycles. The van der Waals surface area contributed by atoms with Gasteiger partial charge in [-0.2, -0.15) is 0 Å². The number of rotatable bonds is 8. The second-order valence-corrected chi connectivity index (χ2v) is 5.33. The Morgan fingerprint density at radius 1 is 0.880 bits per heavy atom. The highest BCUT2D eigenvalue weighted by Crippen LogP contribution is 2.39. The summed E-state index contributed by atoms with van der Waals surface area (Å²) in [6, 6.07) is 9.94. The van der Waals surface area contributed by atoms with Crippen LogP contribution in [0.25, 0.3) is 0 Å². The number of esters is 1. The predicted molar refractivity (Wildman–Crippen MR) is 96.4 cm³/mol. The Morgan fingerprint density at radius 3 is 1.96 bits per heavy atom. The summed E-state index contributed by atoms with van der Waals surface area (Å²) in [5.41, 5.74) is 0.287. The van der Waals surface area contributed by atoms with Gasteiger partial charge in [-0.25, -0.2) is 4.79 Å². The van der Waals surface area contributed by atoms with Gasteiger partial charge in [-0.1, -0.05) is 23.7 Å². The molecule has 0 aliphatic carbocycles. The van der Waals surface area contributed by atoms with E-state index in [1.807, 2.05) is 20.8 Å². The average molecular weight is 365 g/mol. The van der Waals surface area contributed by atoms with Crippen molar-refractivity contribution < 1.29 is 23.7 Å². The van der Waals surface area contributed by atoms with Crippen LogP contribution in [-0.4, -0.2) is 25.8 Å². The summed E-state index contributed by atoms with van der Waals surface area (Å²) in [5.74, 6) is 1.07. The normalized spacial score (nSPS) is 10.2. The molecule has 2 aromatic carbocycles. The highest BCUT2D eigenvalue weighted by molar-refractivity contribution is 6.32. The van der Waals surface area contributed by atoms with Crippen molar-refractivity contribution in [2.24, 2.45) is 0 Å². The van der Waals surface area contributed by atoms with Gasteiger partial charge in [0, 0.05) is 0 Å². The first-order valence-electron chi connectivity index (χ1n) is 8.13. The fourth-order valence-electron chi connectivity index (χ4n) is 2.19. The monoisotopic (exact) mass is 364 g/mol. The van der Waals surface area contributed by atoms with E-state index in [0.717, 1.165) is 0 Å². The molecule has 0 amide bonds. The molecule has 2 rings (SSSR count). The Kier molecular flexibility index (Phi) is 6.95.